The van der Waals surface area contributed by atoms with E-state index >= 15 is 0 Å². The quantitative estimate of drug-likeness (QED) is 0.594. The largest absolute Gasteiger partial charge is 0.478 e. The van der Waals surface area contributed by atoms with Gasteiger partial charge >= 0.3 is 12.1 Å². The molecule has 0 saturated carbocycles. The highest BCUT2D eigenvalue weighted by Gasteiger charge is 2.48. The molecule has 1 heterocycles. The minimum Gasteiger partial charge on any atom is -0.478 e. The standard InChI is InChI=1S/C12H8ClF3O3.C8H18/c1-5-2-9-6(4-8(5)13)3-7(11(17)18)10(19-9)12(14,15)16;1-4-6-7-8(3)5-2/h2-4,10H,1H3,(H,17,18);8H,4-7H2,1-3H3. The molecule has 0 aliphatic carbocycles. The second kappa shape index (κ2) is 10.0. The first-order valence-electron chi connectivity index (χ1n) is 8.99. The number of aryl methyl sites for hydroxylation is 1. The number of alkyl halides is 3. The molecule has 3 nitrogen and oxygen atoms in total. The van der Waals surface area contributed by atoms with Gasteiger partial charge < -0.3 is 9.84 Å². The van der Waals surface area contributed by atoms with Gasteiger partial charge in [-0.25, -0.2) is 4.79 Å². The van der Waals surface area contributed by atoms with Gasteiger partial charge in [-0.1, -0.05) is 58.1 Å². The highest BCUT2D eigenvalue weighted by molar-refractivity contribution is 6.31. The monoisotopic (exact) mass is 406 g/mol. The lowest BCUT2D eigenvalue weighted by atomic mass is 10.00. The van der Waals surface area contributed by atoms with Crippen molar-refractivity contribution in [2.24, 2.45) is 5.92 Å². The van der Waals surface area contributed by atoms with Crippen LogP contribution in [0.15, 0.2) is 17.7 Å². The minimum absolute atomic E-state index is 0.0331. The van der Waals surface area contributed by atoms with Crippen LogP contribution in [0.3, 0.4) is 0 Å². The van der Waals surface area contributed by atoms with Crippen molar-refractivity contribution in [3.63, 3.8) is 0 Å². The number of carboxylic acids is 1. The average molecular weight is 407 g/mol. The predicted molar refractivity (Wildman–Crippen MR) is 101 cm³/mol. The van der Waals surface area contributed by atoms with Crippen LogP contribution in [0.5, 0.6) is 5.75 Å². The van der Waals surface area contributed by atoms with Crippen LogP contribution >= 0.6 is 11.6 Å². The van der Waals surface area contributed by atoms with E-state index in [4.69, 9.17) is 21.4 Å². The van der Waals surface area contributed by atoms with Gasteiger partial charge in [0.15, 0.2) is 0 Å². The number of hydrogen-bond acceptors (Lipinski definition) is 2. The number of carbonyl (C=O) groups is 1. The number of aliphatic carboxylic acids is 1. The summed E-state index contributed by atoms with van der Waals surface area (Å²) in [5, 5.41) is 9.17. The van der Waals surface area contributed by atoms with Crippen LogP contribution in [0.1, 0.15) is 57.6 Å². The number of halogens is 4. The van der Waals surface area contributed by atoms with Gasteiger partial charge in [-0.05, 0) is 36.6 Å². The molecule has 1 aliphatic heterocycles. The van der Waals surface area contributed by atoms with Crippen molar-refractivity contribution < 1.29 is 27.8 Å². The van der Waals surface area contributed by atoms with Gasteiger partial charge in [0.25, 0.3) is 0 Å². The number of ether oxygens (including phenoxy) is 1. The normalized spacial score (nSPS) is 17.0. The maximum atomic E-state index is 12.8. The first-order chi connectivity index (χ1) is 12.5. The van der Waals surface area contributed by atoms with E-state index in [1.165, 1.54) is 37.8 Å². The Kier molecular flexibility index (Phi) is 8.66. The topological polar surface area (TPSA) is 46.5 Å². The van der Waals surface area contributed by atoms with E-state index in [2.05, 4.69) is 20.8 Å². The van der Waals surface area contributed by atoms with Gasteiger partial charge in [-0.3, -0.25) is 0 Å². The van der Waals surface area contributed by atoms with Crippen molar-refractivity contribution in [1.29, 1.82) is 0 Å². The fourth-order valence-electron chi connectivity index (χ4n) is 2.49. The molecule has 0 radical (unpaired) electrons. The molecule has 27 heavy (non-hydrogen) atoms. The zero-order chi connectivity index (χ0) is 20.8. The van der Waals surface area contributed by atoms with E-state index in [0.29, 0.717) is 10.6 Å². The molecule has 1 aliphatic rings. The Morgan fingerprint density at radius 1 is 1.33 bits per heavy atom. The molecule has 0 aromatic heterocycles. The molecule has 2 rings (SSSR count). The third-order valence-electron chi connectivity index (χ3n) is 4.42. The molecule has 2 atom stereocenters. The van der Waals surface area contributed by atoms with E-state index in [0.717, 1.165) is 12.0 Å². The Hall–Kier alpha value is -1.69. The molecule has 1 N–H and O–H groups in total. The van der Waals surface area contributed by atoms with Gasteiger partial charge in [0.1, 0.15) is 5.75 Å². The van der Waals surface area contributed by atoms with Gasteiger partial charge in [0, 0.05) is 10.6 Å². The lowest BCUT2D eigenvalue weighted by Gasteiger charge is -2.27. The van der Waals surface area contributed by atoms with Crippen LogP contribution in [-0.4, -0.2) is 23.4 Å². The molecule has 1 aromatic carbocycles. The van der Waals surface area contributed by atoms with Crippen molar-refractivity contribution in [2.75, 3.05) is 0 Å². The maximum absolute atomic E-state index is 12.8. The van der Waals surface area contributed by atoms with Crippen LogP contribution in [0, 0.1) is 12.8 Å². The summed E-state index contributed by atoms with van der Waals surface area (Å²) in [5.41, 5.74) is -0.0954. The molecular weight excluding hydrogens is 381 g/mol. The number of hydrogen-bond donors (Lipinski definition) is 1. The number of unbranched alkanes of at least 4 members (excludes halogenated alkanes) is 1. The van der Waals surface area contributed by atoms with Crippen molar-refractivity contribution in [3.8, 4) is 5.75 Å². The summed E-state index contributed by atoms with van der Waals surface area (Å²) in [6.45, 7) is 8.46. The van der Waals surface area contributed by atoms with E-state index in [-0.39, 0.29) is 11.3 Å². The first kappa shape index (κ1) is 23.3. The van der Waals surface area contributed by atoms with Gasteiger partial charge in [0.05, 0.1) is 5.57 Å². The molecule has 1 aromatic rings. The van der Waals surface area contributed by atoms with Crippen LogP contribution in [0.2, 0.25) is 5.02 Å². The molecule has 2 unspecified atom stereocenters. The summed E-state index contributed by atoms with van der Waals surface area (Å²) < 4.78 is 43.1. The van der Waals surface area contributed by atoms with Crippen LogP contribution in [0.4, 0.5) is 13.2 Å². The van der Waals surface area contributed by atoms with E-state index in [1.807, 2.05) is 0 Å². The molecule has 0 fully saturated rings. The molecule has 0 spiro atoms. The number of rotatable bonds is 5. The molecule has 0 saturated heterocycles. The third-order valence-corrected chi connectivity index (χ3v) is 4.83. The van der Waals surface area contributed by atoms with Crippen LogP contribution in [0.25, 0.3) is 6.08 Å². The Balaban J connectivity index is 0.000000387. The first-order valence-corrected chi connectivity index (χ1v) is 9.37. The molecule has 7 heteroatoms. The van der Waals surface area contributed by atoms with Crippen molar-refractivity contribution in [3.05, 3.63) is 33.9 Å². The van der Waals surface area contributed by atoms with Crippen molar-refractivity contribution >= 4 is 23.6 Å². The van der Waals surface area contributed by atoms with Crippen molar-refractivity contribution in [2.45, 2.75) is 65.7 Å². The molecule has 152 valence electrons. The number of benzene rings is 1. The van der Waals surface area contributed by atoms with Gasteiger partial charge in [-0.15, -0.1) is 0 Å². The summed E-state index contributed by atoms with van der Waals surface area (Å²) in [6, 6.07) is 2.73. The Morgan fingerprint density at radius 2 is 1.96 bits per heavy atom. The highest BCUT2D eigenvalue weighted by Crippen LogP contribution is 2.39. The summed E-state index contributed by atoms with van der Waals surface area (Å²) >= 11 is 5.84. The molecule has 0 amide bonds. The van der Waals surface area contributed by atoms with E-state index in [9.17, 15) is 18.0 Å². The van der Waals surface area contributed by atoms with Gasteiger partial charge in [0.2, 0.25) is 6.10 Å². The minimum atomic E-state index is -4.80. The lowest BCUT2D eigenvalue weighted by Crippen LogP contribution is -2.40. The summed E-state index contributed by atoms with van der Waals surface area (Å²) in [4.78, 5) is 10.9. The van der Waals surface area contributed by atoms with Crippen LogP contribution in [-0.2, 0) is 4.79 Å². The van der Waals surface area contributed by atoms with Crippen molar-refractivity contribution in [1.82, 2.24) is 0 Å². The van der Waals surface area contributed by atoms with Crippen LogP contribution < -0.4 is 4.74 Å². The zero-order valence-corrected chi connectivity index (χ0v) is 16.7. The Bertz CT molecular complexity index is 684. The third kappa shape index (κ3) is 6.76. The summed E-state index contributed by atoms with van der Waals surface area (Å²) in [7, 11) is 0. The van der Waals surface area contributed by atoms with E-state index < -0.39 is 23.8 Å². The smallest absolute Gasteiger partial charge is 0.430 e. The maximum Gasteiger partial charge on any atom is 0.430 e. The fraction of sp³-hybridized carbons (Fsp3) is 0.550. The Labute approximate surface area is 163 Å². The fourth-order valence-corrected chi connectivity index (χ4v) is 2.66. The van der Waals surface area contributed by atoms with Gasteiger partial charge in [-0.2, -0.15) is 13.2 Å². The lowest BCUT2D eigenvalue weighted by molar-refractivity contribution is -0.187. The summed E-state index contributed by atoms with van der Waals surface area (Å²) in [6.07, 6.45) is -0.801. The average Bonchev–Trinajstić information content (AvgIpc) is 2.59. The number of fused-ring (bicyclic) bond motifs is 1. The molecular formula is C20H26ClF3O3. The SMILES string of the molecule is CCCCC(C)CC.Cc1cc2c(cc1Cl)C=C(C(=O)O)C(C(F)(F)F)O2. The molecule has 0 bridgehead atoms. The zero-order valence-electron chi connectivity index (χ0n) is 16.0. The second-order valence-electron chi connectivity index (χ2n) is 6.74. The number of carboxylic acid groups (broad SMARTS) is 1. The Morgan fingerprint density at radius 3 is 2.44 bits per heavy atom. The second-order valence-corrected chi connectivity index (χ2v) is 7.15. The predicted octanol–water partition coefficient (Wildman–Crippen LogP) is 6.66. The van der Waals surface area contributed by atoms with E-state index in [1.54, 1.807) is 6.92 Å². The summed E-state index contributed by atoms with van der Waals surface area (Å²) in [5.74, 6) is -0.756. The highest BCUT2D eigenvalue weighted by atomic mass is 35.5.